The summed E-state index contributed by atoms with van der Waals surface area (Å²) >= 11 is 0. The van der Waals surface area contributed by atoms with Crippen LogP contribution in [0, 0.1) is 19.3 Å². The second kappa shape index (κ2) is 8.19. The van der Waals surface area contributed by atoms with Crippen LogP contribution in [-0.2, 0) is 9.59 Å². The molecule has 0 radical (unpaired) electrons. The average Bonchev–Trinajstić information content (AvgIpc) is 3.17. The number of carbonyl (C=O) groups is 2. The molecule has 0 aliphatic heterocycles. The summed E-state index contributed by atoms with van der Waals surface area (Å²) in [5.41, 5.74) is 2.59. The summed E-state index contributed by atoms with van der Waals surface area (Å²) in [5.74, 6) is -0.0553. The van der Waals surface area contributed by atoms with Gasteiger partial charge in [0.05, 0.1) is 12.1 Å². The number of carboxylic acid groups (broad SMARTS) is 1. The first-order valence-electron chi connectivity index (χ1n) is 9.83. The van der Waals surface area contributed by atoms with Crippen molar-refractivity contribution in [3.8, 4) is 5.82 Å². The minimum absolute atomic E-state index is 0.0331. The lowest BCUT2D eigenvalue weighted by molar-refractivity contribution is -0.139. The molecule has 0 saturated heterocycles. The molecule has 0 bridgehead atoms. The van der Waals surface area contributed by atoms with Crippen molar-refractivity contribution in [1.82, 2.24) is 20.1 Å². The largest absolute Gasteiger partial charge is 0.481 e. The van der Waals surface area contributed by atoms with Crippen LogP contribution >= 0.6 is 0 Å². The van der Waals surface area contributed by atoms with Crippen molar-refractivity contribution in [2.75, 3.05) is 0 Å². The fraction of sp³-hybridized carbons (Fsp3) is 0.455. The third-order valence-electron chi connectivity index (χ3n) is 5.28. The van der Waals surface area contributed by atoms with Gasteiger partial charge < -0.3 is 10.4 Å². The summed E-state index contributed by atoms with van der Waals surface area (Å²) in [6.45, 7) is 7.63. The molecule has 29 heavy (non-hydrogen) atoms. The zero-order valence-corrected chi connectivity index (χ0v) is 17.3. The Morgan fingerprint density at radius 2 is 2.00 bits per heavy atom. The number of carboxylic acids is 1. The van der Waals surface area contributed by atoms with Crippen LogP contribution < -0.4 is 5.32 Å². The van der Waals surface area contributed by atoms with E-state index in [2.05, 4.69) is 21.5 Å². The Morgan fingerprint density at radius 3 is 2.66 bits per heavy atom. The van der Waals surface area contributed by atoms with Crippen LogP contribution in [0.5, 0.6) is 0 Å². The first kappa shape index (κ1) is 20.8. The molecule has 2 aromatic heterocycles. The maximum atomic E-state index is 12.4. The van der Waals surface area contributed by atoms with Crippen molar-refractivity contribution in [1.29, 1.82) is 0 Å². The Kier molecular flexibility index (Phi) is 5.86. The summed E-state index contributed by atoms with van der Waals surface area (Å²) in [4.78, 5) is 27.7. The lowest BCUT2D eigenvalue weighted by Gasteiger charge is -2.23. The van der Waals surface area contributed by atoms with Crippen molar-refractivity contribution < 1.29 is 14.7 Å². The number of carbonyl (C=O) groups excluding carboxylic acids is 1. The van der Waals surface area contributed by atoms with E-state index in [0.29, 0.717) is 0 Å². The van der Waals surface area contributed by atoms with Gasteiger partial charge in [-0.25, -0.2) is 9.67 Å². The number of hydrogen-bond acceptors (Lipinski definition) is 4. The summed E-state index contributed by atoms with van der Waals surface area (Å²) in [7, 11) is 0. The molecule has 2 atom stereocenters. The minimum atomic E-state index is -0.889. The molecule has 0 spiro atoms. The van der Waals surface area contributed by atoms with Gasteiger partial charge in [0, 0.05) is 35.8 Å². The zero-order valence-electron chi connectivity index (χ0n) is 17.3. The zero-order chi connectivity index (χ0) is 21.2. The number of allylic oxidation sites excluding steroid dienone is 1. The lowest BCUT2D eigenvalue weighted by atomic mass is 9.85. The van der Waals surface area contributed by atoms with E-state index < -0.39 is 11.4 Å². The Labute approximate surface area is 170 Å². The highest BCUT2D eigenvalue weighted by atomic mass is 16.4. The van der Waals surface area contributed by atoms with Gasteiger partial charge in [-0.15, -0.1) is 0 Å². The third-order valence-corrected chi connectivity index (χ3v) is 5.28. The summed E-state index contributed by atoms with van der Waals surface area (Å²) in [6, 6.07) is 5.67. The van der Waals surface area contributed by atoms with Gasteiger partial charge in [-0.2, -0.15) is 5.10 Å². The number of nitrogens with one attached hydrogen (secondary N) is 1. The Bertz CT molecular complexity index is 931. The number of pyridine rings is 1. The van der Waals surface area contributed by atoms with Crippen LogP contribution in [0.3, 0.4) is 0 Å². The average molecular weight is 396 g/mol. The fourth-order valence-corrected chi connectivity index (χ4v) is 4.08. The molecule has 0 aromatic carbocycles. The number of aliphatic carboxylic acids is 1. The Hall–Kier alpha value is -2.96. The predicted molar refractivity (Wildman–Crippen MR) is 110 cm³/mol. The van der Waals surface area contributed by atoms with Crippen LogP contribution in [0.1, 0.15) is 56.0 Å². The highest BCUT2D eigenvalue weighted by Gasteiger charge is 2.29. The molecular weight excluding hydrogens is 368 g/mol. The standard InChI is InChI=1S/C22H28N4O3/c1-14-21(15(2)26(25-14)18-7-5-6-10-23-18)16-8-9-17(11-16)24-19(27)12-22(3,4)13-20(28)29/h5-10,16-17H,11-13H2,1-4H3,(H,24,27)(H,28,29)/t16-,17-/m1/s1. The number of hydrogen-bond donors (Lipinski definition) is 2. The number of aryl methyl sites for hydroxylation is 1. The first-order chi connectivity index (χ1) is 13.7. The van der Waals surface area contributed by atoms with Crippen LogP contribution in [0.15, 0.2) is 36.5 Å². The van der Waals surface area contributed by atoms with Crippen LogP contribution in [0.2, 0.25) is 0 Å². The molecule has 0 saturated carbocycles. The van der Waals surface area contributed by atoms with Crippen LogP contribution in [-0.4, -0.2) is 37.8 Å². The topological polar surface area (TPSA) is 97.1 Å². The van der Waals surface area contributed by atoms with E-state index in [1.54, 1.807) is 20.0 Å². The van der Waals surface area contributed by atoms with E-state index in [4.69, 9.17) is 5.11 Å². The molecule has 0 unspecified atom stereocenters. The van der Waals surface area contributed by atoms with E-state index in [-0.39, 0.29) is 30.7 Å². The lowest BCUT2D eigenvalue weighted by Crippen LogP contribution is -2.36. The molecule has 3 rings (SSSR count). The molecule has 154 valence electrons. The van der Waals surface area contributed by atoms with Crippen molar-refractivity contribution in [3.63, 3.8) is 0 Å². The van der Waals surface area contributed by atoms with E-state index in [1.807, 2.05) is 42.8 Å². The molecule has 0 fully saturated rings. The second-order valence-corrected chi connectivity index (χ2v) is 8.50. The van der Waals surface area contributed by atoms with Gasteiger partial charge in [0.25, 0.3) is 0 Å². The van der Waals surface area contributed by atoms with E-state index >= 15 is 0 Å². The summed E-state index contributed by atoms with van der Waals surface area (Å²) in [5, 5.41) is 16.7. The van der Waals surface area contributed by atoms with Crippen LogP contribution in [0.25, 0.3) is 5.82 Å². The summed E-state index contributed by atoms with van der Waals surface area (Å²) in [6.07, 6.45) is 6.80. The van der Waals surface area contributed by atoms with Gasteiger partial charge >= 0.3 is 5.97 Å². The van der Waals surface area contributed by atoms with Gasteiger partial charge in [-0.1, -0.05) is 32.1 Å². The molecule has 2 heterocycles. The Morgan fingerprint density at radius 1 is 1.24 bits per heavy atom. The molecule has 7 heteroatoms. The van der Waals surface area contributed by atoms with Gasteiger partial charge in [0.1, 0.15) is 0 Å². The van der Waals surface area contributed by atoms with Crippen molar-refractivity contribution in [3.05, 3.63) is 53.5 Å². The predicted octanol–water partition coefficient (Wildman–Crippen LogP) is 3.30. The first-order valence-corrected chi connectivity index (χ1v) is 9.83. The molecule has 1 aliphatic rings. The van der Waals surface area contributed by atoms with Gasteiger partial charge in [-0.05, 0) is 37.8 Å². The molecular formula is C22H28N4O3. The van der Waals surface area contributed by atoms with Gasteiger partial charge in [0.2, 0.25) is 5.91 Å². The molecule has 7 nitrogen and oxygen atoms in total. The highest BCUT2D eigenvalue weighted by molar-refractivity contribution is 5.78. The number of amides is 1. The van der Waals surface area contributed by atoms with Crippen molar-refractivity contribution >= 4 is 11.9 Å². The maximum Gasteiger partial charge on any atom is 0.303 e. The minimum Gasteiger partial charge on any atom is -0.481 e. The monoisotopic (exact) mass is 396 g/mol. The molecule has 2 N–H and O–H groups in total. The maximum absolute atomic E-state index is 12.4. The number of rotatable bonds is 7. The van der Waals surface area contributed by atoms with Crippen molar-refractivity contribution in [2.45, 2.75) is 58.9 Å². The van der Waals surface area contributed by atoms with E-state index in [1.165, 1.54) is 0 Å². The highest BCUT2D eigenvalue weighted by Crippen LogP contribution is 2.34. The second-order valence-electron chi connectivity index (χ2n) is 8.50. The molecule has 1 aliphatic carbocycles. The normalized spacial score (nSPS) is 18.8. The van der Waals surface area contributed by atoms with Crippen LogP contribution in [0.4, 0.5) is 0 Å². The van der Waals surface area contributed by atoms with E-state index in [0.717, 1.165) is 29.2 Å². The van der Waals surface area contributed by atoms with Gasteiger partial charge in [0.15, 0.2) is 5.82 Å². The fourth-order valence-electron chi connectivity index (χ4n) is 4.08. The quantitative estimate of drug-likeness (QED) is 0.700. The Balaban J connectivity index is 1.66. The number of nitrogens with zero attached hydrogens (tertiary/aromatic N) is 3. The molecule has 1 amide bonds. The number of aromatic nitrogens is 3. The van der Waals surface area contributed by atoms with Gasteiger partial charge in [-0.3, -0.25) is 9.59 Å². The van der Waals surface area contributed by atoms with E-state index in [9.17, 15) is 9.59 Å². The summed E-state index contributed by atoms with van der Waals surface area (Å²) < 4.78 is 1.86. The smallest absolute Gasteiger partial charge is 0.303 e. The molecule has 2 aromatic rings. The SMILES string of the molecule is Cc1nn(-c2ccccn2)c(C)c1[C@@H]1C=C[C@@H](NC(=O)CC(C)(C)CC(=O)O)C1. The van der Waals surface area contributed by atoms with Crippen molar-refractivity contribution in [2.24, 2.45) is 5.41 Å². The third kappa shape index (κ3) is 4.91.